The molecular formula is C12H24N2O. The van der Waals surface area contributed by atoms with Crippen molar-refractivity contribution in [3.63, 3.8) is 0 Å². The summed E-state index contributed by atoms with van der Waals surface area (Å²) in [5.74, 6) is 0.804. The molecule has 1 aliphatic heterocycles. The van der Waals surface area contributed by atoms with Crippen LogP contribution in [0.3, 0.4) is 0 Å². The normalized spacial score (nSPS) is 29.4. The summed E-state index contributed by atoms with van der Waals surface area (Å²) >= 11 is 0. The van der Waals surface area contributed by atoms with Crippen molar-refractivity contribution in [2.75, 3.05) is 26.2 Å². The second kappa shape index (κ2) is 5.28. The number of piperidine rings is 1. The Kier molecular flexibility index (Phi) is 4.00. The SMILES string of the molecule is C[C@@H](O)CN(CC1CCCNC1)C1CC1. The third-order valence-electron chi connectivity index (χ3n) is 3.45. The molecule has 0 aromatic heterocycles. The highest BCUT2D eigenvalue weighted by Crippen LogP contribution is 2.28. The first-order valence-corrected chi connectivity index (χ1v) is 6.38. The molecule has 88 valence electrons. The van der Waals surface area contributed by atoms with Gasteiger partial charge in [0.1, 0.15) is 0 Å². The lowest BCUT2D eigenvalue weighted by atomic mass is 9.99. The summed E-state index contributed by atoms with van der Waals surface area (Å²) in [5, 5.41) is 12.9. The third kappa shape index (κ3) is 3.74. The molecule has 1 heterocycles. The van der Waals surface area contributed by atoms with Gasteiger partial charge >= 0.3 is 0 Å². The Morgan fingerprint density at radius 2 is 2.20 bits per heavy atom. The summed E-state index contributed by atoms with van der Waals surface area (Å²) in [6, 6.07) is 0.779. The predicted octanol–water partition coefficient (Wildman–Crippen LogP) is 0.831. The molecule has 0 spiro atoms. The van der Waals surface area contributed by atoms with Gasteiger partial charge in [0.25, 0.3) is 0 Å². The Morgan fingerprint density at radius 3 is 2.73 bits per heavy atom. The molecule has 1 aliphatic carbocycles. The van der Waals surface area contributed by atoms with Crippen molar-refractivity contribution in [2.45, 2.75) is 44.8 Å². The van der Waals surface area contributed by atoms with E-state index in [4.69, 9.17) is 0 Å². The van der Waals surface area contributed by atoms with Gasteiger partial charge in [-0.05, 0) is 51.6 Å². The number of aliphatic hydroxyl groups is 1. The van der Waals surface area contributed by atoms with Crippen LogP contribution in [0.2, 0.25) is 0 Å². The highest BCUT2D eigenvalue weighted by atomic mass is 16.3. The van der Waals surface area contributed by atoms with E-state index in [1.165, 1.54) is 45.3 Å². The first-order chi connectivity index (χ1) is 7.25. The monoisotopic (exact) mass is 212 g/mol. The van der Waals surface area contributed by atoms with Gasteiger partial charge in [-0.2, -0.15) is 0 Å². The van der Waals surface area contributed by atoms with Crippen LogP contribution < -0.4 is 5.32 Å². The lowest BCUT2D eigenvalue weighted by Gasteiger charge is -2.30. The van der Waals surface area contributed by atoms with Crippen LogP contribution in [0.15, 0.2) is 0 Å². The molecule has 0 amide bonds. The minimum absolute atomic E-state index is 0.179. The molecule has 3 heteroatoms. The number of aliphatic hydroxyl groups excluding tert-OH is 1. The molecular weight excluding hydrogens is 188 g/mol. The summed E-state index contributed by atoms with van der Waals surface area (Å²) in [4.78, 5) is 2.50. The molecule has 1 saturated carbocycles. The van der Waals surface area contributed by atoms with Gasteiger partial charge in [-0.3, -0.25) is 4.90 Å². The van der Waals surface area contributed by atoms with Crippen molar-refractivity contribution in [3.8, 4) is 0 Å². The minimum Gasteiger partial charge on any atom is -0.392 e. The Labute approximate surface area is 92.8 Å². The second-order valence-electron chi connectivity index (χ2n) is 5.25. The maximum Gasteiger partial charge on any atom is 0.0639 e. The molecule has 1 saturated heterocycles. The van der Waals surface area contributed by atoms with Gasteiger partial charge in [0.15, 0.2) is 0 Å². The van der Waals surface area contributed by atoms with E-state index in [0.29, 0.717) is 0 Å². The van der Waals surface area contributed by atoms with Crippen molar-refractivity contribution < 1.29 is 5.11 Å². The Bertz CT molecular complexity index is 186. The summed E-state index contributed by atoms with van der Waals surface area (Å²) in [5.41, 5.74) is 0. The fourth-order valence-electron chi connectivity index (χ4n) is 2.56. The van der Waals surface area contributed by atoms with Gasteiger partial charge in [0.05, 0.1) is 6.10 Å². The van der Waals surface area contributed by atoms with Crippen molar-refractivity contribution in [3.05, 3.63) is 0 Å². The van der Waals surface area contributed by atoms with E-state index >= 15 is 0 Å². The maximum absolute atomic E-state index is 9.47. The Morgan fingerprint density at radius 1 is 1.40 bits per heavy atom. The summed E-state index contributed by atoms with van der Waals surface area (Å²) in [6.07, 6.45) is 5.18. The Hall–Kier alpha value is -0.120. The van der Waals surface area contributed by atoms with E-state index < -0.39 is 0 Å². The molecule has 2 rings (SSSR count). The second-order valence-corrected chi connectivity index (χ2v) is 5.25. The number of nitrogens with one attached hydrogen (secondary N) is 1. The van der Waals surface area contributed by atoms with Crippen LogP contribution >= 0.6 is 0 Å². The topological polar surface area (TPSA) is 35.5 Å². The van der Waals surface area contributed by atoms with Gasteiger partial charge in [-0.25, -0.2) is 0 Å². The molecule has 0 radical (unpaired) electrons. The molecule has 0 aromatic carbocycles. The first-order valence-electron chi connectivity index (χ1n) is 6.38. The van der Waals surface area contributed by atoms with E-state index in [2.05, 4.69) is 10.2 Å². The maximum atomic E-state index is 9.47. The van der Waals surface area contributed by atoms with E-state index in [0.717, 1.165) is 18.5 Å². The van der Waals surface area contributed by atoms with Crippen molar-refractivity contribution in [2.24, 2.45) is 5.92 Å². The van der Waals surface area contributed by atoms with Gasteiger partial charge in [-0.1, -0.05) is 0 Å². The molecule has 2 atom stereocenters. The van der Waals surface area contributed by atoms with Gasteiger partial charge in [0.2, 0.25) is 0 Å². The quantitative estimate of drug-likeness (QED) is 0.708. The minimum atomic E-state index is -0.179. The Balaban J connectivity index is 1.77. The van der Waals surface area contributed by atoms with Crippen LogP contribution in [0, 0.1) is 5.92 Å². The number of rotatable bonds is 5. The molecule has 2 N–H and O–H groups in total. The van der Waals surface area contributed by atoms with E-state index in [9.17, 15) is 5.11 Å². The van der Waals surface area contributed by atoms with Crippen LogP contribution in [0.25, 0.3) is 0 Å². The fourth-order valence-corrected chi connectivity index (χ4v) is 2.56. The smallest absolute Gasteiger partial charge is 0.0639 e. The van der Waals surface area contributed by atoms with Gasteiger partial charge < -0.3 is 10.4 Å². The lowest BCUT2D eigenvalue weighted by molar-refractivity contribution is 0.106. The fraction of sp³-hybridized carbons (Fsp3) is 1.00. The average molecular weight is 212 g/mol. The molecule has 2 aliphatic rings. The standard InChI is InChI=1S/C12H24N2O/c1-10(15)8-14(12-4-5-12)9-11-3-2-6-13-7-11/h10-13,15H,2-9H2,1H3/t10-,11?/m1/s1. The number of hydrogen-bond donors (Lipinski definition) is 2. The molecule has 15 heavy (non-hydrogen) atoms. The molecule has 3 nitrogen and oxygen atoms in total. The molecule has 0 aromatic rings. The van der Waals surface area contributed by atoms with Crippen LogP contribution in [-0.2, 0) is 0 Å². The average Bonchev–Trinajstić information content (AvgIpc) is 3.01. The van der Waals surface area contributed by atoms with Gasteiger partial charge in [0, 0.05) is 19.1 Å². The van der Waals surface area contributed by atoms with E-state index in [1.807, 2.05) is 6.92 Å². The van der Waals surface area contributed by atoms with Gasteiger partial charge in [-0.15, -0.1) is 0 Å². The van der Waals surface area contributed by atoms with Crippen molar-refractivity contribution in [1.29, 1.82) is 0 Å². The number of nitrogens with zero attached hydrogens (tertiary/aromatic N) is 1. The van der Waals surface area contributed by atoms with Crippen LogP contribution in [0.4, 0.5) is 0 Å². The third-order valence-corrected chi connectivity index (χ3v) is 3.45. The zero-order chi connectivity index (χ0) is 10.7. The number of hydrogen-bond acceptors (Lipinski definition) is 3. The largest absolute Gasteiger partial charge is 0.392 e. The van der Waals surface area contributed by atoms with E-state index in [1.54, 1.807) is 0 Å². The zero-order valence-electron chi connectivity index (χ0n) is 9.78. The summed E-state index contributed by atoms with van der Waals surface area (Å²) < 4.78 is 0. The van der Waals surface area contributed by atoms with Crippen LogP contribution in [-0.4, -0.2) is 48.3 Å². The highest BCUT2D eigenvalue weighted by Gasteiger charge is 2.31. The van der Waals surface area contributed by atoms with Crippen LogP contribution in [0.5, 0.6) is 0 Å². The zero-order valence-corrected chi connectivity index (χ0v) is 9.78. The highest BCUT2D eigenvalue weighted by molar-refractivity contribution is 4.87. The predicted molar refractivity (Wildman–Crippen MR) is 61.9 cm³/mol. The molecule has 1 unspecified atom stereocenters. The summed E-state index contributed by atoms with van der Waals surface area (Å²) in [7, 11) is 0. The molecule has 0 bridgehead atoms. The summed E-state index contributed by atoms with van der Waals surface area (Å²) in [6.45, 7) is 6.30. The van der Waals surface area contributed by atoms with Crippen molar-refractivity contribution in [1.82, 2.24) is 10.2 Å². The molecule has 2 fully saturated rings. The van der Waals surface area contributed by atoms with E-state index in [-0.39, 0.29) is 6.10 Å². The van der Waals surface area contributed by atoms with Crippen LogP contribution in [0.1, 0.15) is 32.6 Å². The van der Waals surface area contributed by atoms with Crippen molar-refractivity contribution >= 4 is 0 Å². The lowest BCUT2D eigenvalue weighted by Crippen LogP contribution is -2.41. The first kappa shape index (κ1) is 11.4.